The molecule has 1 unspecified atom stereocenters. The van der Waals surface area contributed by atoms with Crippen molar-refractivity contribution in [2.24, 2.45) is 0 Å². The van der Waals surface area contributed by atoms with E-state index in [0.717, 1.165) is 18.5 Å². The number of pyridine rings is 1. The van der Waals surface area contributed by atoms with Gasteiger partial charge in [-0.3, -0.25) is 9.78 Å². The van der Waals surface area contributed by atoms with Crippen LogP contribution in [0.2, 0.25) is 0 Å². The number of hydrogen-bond acceptors (Lipinski definition) is 6. The van der Waals surface area contributed by atoms with Crippen LogP contribution in [0.3, 0.4) is 0 Å². The second kappa shape index (κ2) is 9.28. The third-order valence-electron chi connectivity index (χ3n) is 5.70. The molecule has 0 spiro atoms. The highest BCUT2D eigenvalue weighted by atomic mass is 16.5. The lowest BCUT2D eigenvalue weighted by Crippen LogP contribution is -2.64. The molecule has 2 aliphatic rings. The Balaban J connectivity index is 1.46. The largest absolute Gasteiger partial charge is 0.471 e. The van der Waals surface area contributed by atoms with Crippen LogP contribution in [0.25, 0.3) is 0 Å². The standard InChI is InChI=1S/C23H26N4O4/c1-2-11-27(12-15-30-16-13-27)23(29)25-26-10-14-31-22(26)19-7-5-18(6-8-19)21(28)20-4-3-9-24-17-20/h3-10,14,17,22H,2,11-13,15-16H2,1H3/p+1. The Morgan fingerprint density at radius 3 is 2.61 bits per heavy atom. The van der Waals surface area contributed by atoms with E-state index >= 15 is 0 Å². The Hall–Kier alpha value is -3.23. The molecule has 0 bridgehead atoms. The molecule has 8 nitrogen and oxygen atoms in total. The maximum Gasteiger partial charge on any atom is 0.435 e. The van der Waals surface area contributed by atoms with E-state index in [1.165, 1.54) is 0 Å². The number of nitrogens with one attached hydrogen (secondary N) is 1. The van der Waals surface area contributed by atoms with Crippen LogP contribution in [0.4, 0.5) is 4.79 Å². The number of carbonyl (C=O) groups excluding carboxylic acids is 2. The van der Waals surface area contributed by atoms with Gasteiger partial charge >= 0.3 is 6.03 Å². The van der Waals surface area contributed by atoms with Crippen LogP contribution in [-0.2, 0) is 9.47 Å². The van der Waals surface area contributed by atoms with Gasteiger partial charge in [-0.15, -0.1) is 0 Å². The predicted octanol–water partition coefficient (Wildman–Crippen LogP) is 3.00. The van der Waals surface area contributed by atoms with Crippen molar-refractivity contribution in [3.63, 3.8) is 0 Å². The Bertz CT molecular complexity index is 934. The molecule has 31 heavy (non-hydrogen) atoms. The van der Waals surface area contributed by atoms with Crippen molar-refractivity contribution in [1.29, 1.82) is 0 Å². The maximum atomic E-state index is 13.2. The summed E-state index contributed by atoms with van der Waals surface area (Å²) in [5.41, 5.74) is 4.95. The number of morpholine rings is 1. The summed E-state index contributed by atoms with van der Waals surface area (Å²) in [5, 5.41) is 1.67. The van der Waals surface area contributed by atoms with Crippen molar-refractivity contribution >= 4 is 11.8 Å². The average molecular weight is 423 g/mol. The summed E-state index contributed by atoms with van der Waals surface area (Å²) in [6, 6.07) is 10.6. The molecule has 2 aromatic rings. The molecule has 0 aliphatic carbocycles. The molecule has 0 saturated carbocycles. The van der Waals surface area contributed by atoms with Crippen LogP contribution >= 0.6 is 0 Å². The van der Waals surface area contributed by atoms with Gasteiger partial charge < -0.3 is 9.47 Å². The fourth-order valence-corrected chi connectivity index (χ4v) is 3.98. The summed E-state index contributed by atoms with van der Waals surface area (Å²) in [5.74, 6) is -0.0893. The first kappa shape index (κ1) is 21.0. The summed E-state index contributed by atoms with van der Waals surface area (Å²) >= 11 is 0. The van der Waals surface area contributed by atoms with Crippen LogP contribution < -0.4 is 5.43 Å². The zero-order chi connectivity index (χ0) is 21.7. The van der Waals surface area contributed by atoms with Gasteiger partial charge in [-0.05, 0) is 18.6 Å². The van der Waals surface area contributed by atoms with E-state index in [-0.39, 0.29) is 11.8 Å². The van der Waals surface area contributed by atoms with E-state index in [1.807, 2.05) is 12.1 Å². The number of quaternary nitrogens is 1. The molecular formula is C23H27N4O4+. The molecule has 1 N–H and O–H groups in total. The number of hydrazine groups is 1. The minimum Gasteiger partial charge on any atom is -0.471 e. The summed E-state index contributed by atoms with van der Waals surface area (Å²) in [7, 11) is 0. The normalized spacial score (nSPS) is 19.6. The third kappa shape index (κ3) is 4.45. The highest BCUT2D eigenvalue weighted by molar-refractivity contribution is 6.08. The van der Waals surface area contributed by atoms with Gasteiger partial charge in [-0.2, -0.15) is 0 Å². The van der Waals surface area contributed by atoms with Crippen LogP contribution in [0, 0.1) is 0 Å². The molecule has 1 fully saturated rings. The molecule has 3 heterocycles. The number of carbonyl (C=O) groups is 2. The molecule has 2 amide bonds. The lowest BCUT2D eigenvalue weighted by atomic mass is 10.0. The van der Waals surface area contributed by atoms with E-state index in [9.17, 15) is 9.59 Å². The zero-order valence-corrected chi connectivity index (χ0v) is 17.6. The fourth-order valence-electron chi connectivity index (χ4n) is 3.98. The Kier molecular flexibility index (Phi) is 6.29. The lowest BCUT2D eigenvalue weighted by molar-refractivity contribution is -0.860. The first-order valence-corrected chi connectivity index (χ1v) is 10.5. The number of benzene rings is 1. The number of ketones is 1. The van der Waals surface area contributed by atoms with Crippen LogP contribution in [0.1, 0.15) is 41.1 Å². The number of amides is 2. The van der Waals surface area contributed by atoms with Gasteiger partial charge in [-0.25, -0.2) is 19.7 Å². The molecule has 2 aliphatic heterocycles. The molecule has 1 atom stereocenters. The fraction of sp³-hybridized carbons (Fsp3) is 0.348. The van der Waals surface area contributed by atoms with Crippen molar-refractivity contribution in [2.45, 2.75) is 19.6 Å². The second-order valence-corrected chi connectivity index (χ2v) is 7.72. The van der Waals surface area contributed by atoms with Crippen LogP contribution in [-0.4, -0.2) is 59.1 Å². The van der Waals surface area contributed by atoms with E-state index in [0.29, 0.717) is 41.9 Å². The predicted molar refractivity (Wildman–Crippen MR) is 113 cm³/mol. The molecule has 1 saturated heterocycles. The van der Waals surface area contributed by atoms with E-state index in [4.69, 9.17) is 9.47 Å². The Labute approximate surface area is 181 Å². The average Bonchev–Trinajstić information content (AvgIpc) is 3.28. The maximum absolute atomic E-state index is 13.2. The molecule has 1 aromatic heterocycles. The van der Waals surface area contributed by atoms with Crippen molar-refractivity contribution in [3.05, 3.63) is 77.9 Å². The monoisotopic (exact) mass is 423 g/mol. The minimum atomic E-state index is -0.491. The topological polar surface area (TPSA) is 80.8 Å². The Morgan fingerprint density at radius 2 is 1.94 bits per heavy atom. The summed E-state index contributed by atoms with van der Waals surface area (Å²) in [6.45, 7) is 5.33. The molecular weight excluding hydrogens is 396 g/mol. The van der Waals surface area contributed by atoms with Crippen molar-refractivity contribution in [1.82, 2.24) is 15.4 Å². The number of hydrogen-bond donors (Lipinski definition) is 1. The van der Waals surface area contributed by atoms with Crippen LogP contribution in [0.5, 0.6) is 0 Å². The molecule has 1 aromatic carbocycles. The smallest absolute Gasteiger partial charge is 0.435 e. The lowest BCUT2D eigenvalue weighted by Gasteiger charge is -2.39. The van der Waals surface area contributed by atoms with Crippen molar-refractivity contribution < 1.29 is 23.5 Å². The highest BCUT2D eigenvalue weighted by Crippen LogP contribution is 2.27. The van der Waals surface area contributed by atoms with Crippen molar-refractivity contribution in [2.75, 3.05) is 32.8 Å². The first-order valence-electron chi connectivity index (χ1n) is 10.5. The molecule has 4 rings (SSSR count). The number of aromatic nitrogens is 1. The second-order valence-electron chi connectivity index (χ2n) is 7.72. The Morgan fingerprint density at radius 1 is 1.16 bits per heavy atom. The van der Waals surface area contributed by atoms with Gasteiger partial charge in [0, 0.05) is 29.1 Å². The molecule has 8 heteroatoms. The SMILES string of the molecule is CCC[N+]1(C(=O)NN2C=COC2c2ccc(C(=O)c3cccnc3)cc2)CCOCC1. The number of ether oxygens (including phenoxy) is 2. The van der Waals surface area contributed by atoms with Gasteiger partial charge in [0.2, 0.25) is 6.23 Å². The minimum absolute atomic E-state index is 0.0614. The summed E-state index contributed by atoms with van der Waals surface area (Å²) < 4.78 is 11.5. The van der Waals surface area contributed by atoms with Gasteiger partial charge in [0.05, 0.1) is 26.0 Å². The summed E-state index contributed by atoms with van der Waals surface area (Å²) in [4.78, 5) is 29.8. The van der Waals surface area contributed by atoms with E-state index in [2.05, 4.69) is 17.3 Å². The molecule has 0 radical (unpaired) electrons. The van der Waals surface area contributed by atoms with Crippen molar-refractivity contribution in [3.8, 4) is 0 Å². The van der Waals surface area contributed by atoms with Crippen LogP contribution in [0.15, 0.2) is 61.3 Å². The summed E-state index contributed by atoms with van der Waals surface area (Å²) in [6.07, 6.45) is 6.88. The number of nitrogens with zero attached hydrogens (tertiary/aromatic N) is 3. The number of urea groups is 1. The molecule has 162 valence electrons. The van der Waals surface area contributed by atoms with Gasteiger partial charge in [0.15, 0.2) is 5.78 Å². The third-order valence-corrected chi connectivity index (χ3v) is 5.70. The quantitative estimate of drug-likeness (QED) is 0.568. The number of rotatable bonds is 6. The van der Waals surface area contributed by atoms with E-state index in [1.54, 1.807) is 54.1 Å². The van der Waals surface area contributed by atoms with E-state index < -0.39 is 6.23 Å². The highest BCUT2D eigenvalue weighted by Gasteiger charge is 2.40. The zero-order valence-electron chi connectivity index (χ0n) is 17.6. The van der Waals surface area contributed by atoms with Gasteiger partial charge in [0.1, 0.15) is 19.4 Å². The first-order chi connectivity index (χ1) is 15.1. The van der Waals surface area contributed by atoms with Gasteiger partial charge in [0.25, 0.3) is 0 Å². The van der Waals surface area contributed by atoms with Gasteiger partial charge in [-0.1, -0.05) is 31.2 Å².